The van der Waals surface area contributed by atoms with E-state index >= 15 is 0 Å². The average Bonchev–Trinajstić information content (AvgIpc) is 3.06. The second-order valence-electron chi connectivity index (χ2n) is 6.27. The number of unbranched alkanes of at least 4 members (excludes halogenated alkanes) is 9. The molecule has 4 heteroatoms. The molecule has 0 spiro atoms. The van der Waals surface area contributed by atoms with Crippen molar-refractivity contribution >= 4 is 0 Å². The Labute approximate surface area is 140 Å². The molecule has 0 atom stereocenters. The fraction of sp³-hybridized carbons (Fsp3) is 0.632. The zero-order chi connectivity index (χ0) is 16.2. The van der Waals surface area contributed by atoms with Gasteiger partial charge in [0.05, 0.1) is 11.9 Å². The highest BCUT2D eigenvalue weighted by atomic mass is 15.4. The van der Waals surface area contributed by atoms with E-state index < -0.39 is 0 Å². The number of rotatable bonds is 12. The maximum atomic E-state index is 4.28. The van der Waals surface area contributed by atoms with Gasteiger partial charge in [-0.1, -0.05) is 76.0 Å². The van der Waals surface area contributed by atoms with Gasteiger partial charge in [-0.25, -0.2) is 9.67 Å². The Morgan fingerprint density at radius 1 is 0.870 bits per heavy atom. The summed E-state index contributed by atoms with van der Waals surface area (Å²) in [6.45, 7) is 2.27. The largest absolute Gasteiger partial charge is 0.237 e. The minimum Gasteiger partial charge on any atom is -0.237 e. The lowest BCUT2D eigenvalue weighted by Crippen LogP contribution is -1.96. The van der Waals surface area contributed by atoms with Crippen molar-refractivity contribution in [3.63, 3.8) is 0 Å². The Morgan fingerprint density at radius 2 is 1.57 bits per heavy atom. The van der Waals surface area contributed by atoms with Gasteiger partial charge in [0.25, 0.3) is 0 Å². The molecule has 126 valence electrons. The smallest absolute Gasteiger partial charge is 0.155 e. The molecule has 0 aliphatic heterocycles. The molecule has 2 aromatic rings. The van der Waals surface area contributed by atoms with Crippen molar-refractivity contribution in [2.24, 2.45) is 0 Å². The Hall–Kier alpha value is -1.71. The molecular formula is C19H30N4. The third kappa shape index (κ3) is 6.93. The maximum Gasteiger partial charge on any atom is 0.155 e. The first-order valence-electron chi connectivity index (χ1n) is 9.23. The molecule has 0 radical (unpaired) electrons. The lowest BCUT2D eigenvalue weighted by atomic mass is 10.1. The lowest BCUT2D eigenvalue weighted by Gasteiger charge is -2.01. The molecule has 0 aliphatic rings. The predicted molar refractivity (Wildman–Crippen MR) is 94.7 cm³/mol. The van der Waals surface area contributed by atoms with Crippen LogP contribution in [0.25, 0.3) is 5.82 Å². The maximum absolute atomic E-state index is 4.28. The number of hydrogen-bond acceptors (Lipinski definition) is 3. The van der Waals surface area contributed by atoms with Crippen molar-refractivity contribution < 1.29 is 0 Å². The highest BCUT2D eigenvalue weighted by Crippen LogP contribution is 2.12. The minimum absolute atomic E-state index is 0.828. The summed E-state index contributed by atoms with van der Waals surface area (Å²) in [5, 5.41) is 8.40. The van der Waals surface area contributed by atoms with E-state index in [1.807, 2.05) is 24.4 Å². The number of pyridine rings is 1. The normalized spacial score (nSPS) is 11.0. The zero-order valence-electron chi connectivity index (χ0n) is 14.5. The molecule has 0 amide bonds. The quantitative estimate of drug-likeness (QED) is 0.510. The molecule has 0 aromatic carbocycles. The van der Waals surface area contributed by atoms with Gasteiger partial charge < -0.3 is 0 Å². The lowest BCUT2D eigenvalue weighted by molar-refractivity contribution is 0.555. The summed E-state index contributed by atoms with van der Waals surface area (Å²) in [6, 6.07) is 5.82. The average molecular weight is 314 g/mol. The van der Waals surface area contributed by atoms with E-state index in [0.29, 0.717) is 0 Å². The minimum atomic E-state index is 0.828. The van der Waals surface area contributed by atoms with Crippen molar-refractivity contribution in [3.8, 4) is 5.82 Å². The van der Waals surface area contributed by atoms with Gasteiger partial charge in [-0.2, -0.15) is 0 Å². The summed E-state index contributed by atoms with van der Waals surface area (Å²) >= 11 is 0. The molecule has 0 unspecified atom stereocenters. The van der Waals surface area contributed by atoms with E-state index in [1.54, 1.807) is 10.9 Å². The Bertz CT molecular complexity index is 521. The molecule has 4 nitrogen and oxygen atoms in total. The van der Waals surface area contributed by atoms with Gasteiger partial charge in [-0.15, -0.1) is 5.10 Å². The van der Waals surface area contributed by atoms with Crippen LogP contribution in [-0.4, -0.2) is 20.0 Å². The third-order valence-electron chi connectivity index (χ3n) is 4.21. The van der Waals surface area contributed by atoms with Crippen LogP contribution in [0.2, 0.25) is 0 Å². The van der Waals surface area contributed by atoms with Gasteiger partial charge in [0.1, 0.15) is 0 Å². The van der Waals surface area contributed by atoms with Crippen LogP contribution in [0.4, 0.5) is 0 Å². The second kappa shape index (κ2) is 10.9. The van der Waals surface area contributed by atoms with Gasteiger partial charge in [-0.3, -0.25) is 0 Å². The fourth-order valence-electron chi connectivity index (χ4n) is 2.81. The number of nitrogens with zero attached hydrogens (tertiary/aromatic N) is 4. The van der Waals surface area contributed by atoms with E-state index in [0.717, 1.165) is 17.9 Å². The summed E-state index contributed by atoms with van der Waals surface area (Å²) in [5.74, 6) is 0.828. The molecule has 0 saturated heterocycles. The van der Waals surface area contributed by atoms with Gasteiger partial charge >= 0.3 is 0 Å². The highest BCUT2D eigenvalue weighted by molar-refractivity contribution is 5.19. The van der Waals surface area contributed by atoms with Crippen molar-refractivity contribution in [1.29, 1.82) is 0 Å². The fourth-order valence-corrected chi connectivity index (χ4v) is 2.81. The molecule has 2 rings (SSSR count). The predicted octanol–water partition coefficient (Wildman–Crippen LogP) is 5.13. The van der Waals surface area contributed by atoms with Gasteiger partial charge in [0.15, 0.2) is 5.82 Å². The molecule has 23 heavy (non-hydrogen) atoms. The van der Waals surface area contributed by atoms with Crippen LogP contribution in [0.3, 0.4) is 0 Å². The monoisotopic (exact) mass is 314 g/mol. The molecule has 0 saturated carbocycles. The van der Waals surface area contributed by atoms with Crippen LogP contribution in [0.1, 0.15) is 76.8 Å². The van der Waals surface area contributed by atoms with Crippen molar-refractivity contribution in [3.05, 3.63) is 36.3 Å². The number of hydrogen-bond donors (Lipinski definition) is 0. The van der Waals surface area contributed by atoms with Gasteiger partial charge in [-0.05, 0) is 25.0 Å². The van der Waals surface area contributed by atoms with E-state index in [2.05, 4.69) is 22.2 Å². The summed E-state index contributed by atoms with van der Waals surface area (Å²) in [7, 11) is 0. The highest BCUT2D eigenvalue weighted by Gasteiger charge is 2.03. The van der Waals surface area contributed by atoms with Crippen LogP contribution in [0.5, 0.6) is 0 Å². The van der Waals surface area contributed by atoms with Crippen LogP contribution >= 0.6 is 0 Å². The summed E-state index contributed by atoms with van der Waals surface area (Å²) in [6.07, 6.45) is 18.4. The van der Waals surface area contributed by atoms with Crippen molar-refractivity contribution in [2.45, 2.75) is 77.6 Å². The first kappa shape index (κ1) is 17.6. The van der Waals surface area contributed by atoms with E-state index in [4.69, 9.17) is 0 Å². The molecule has 0 N–H and O–H groups in total. The second-order valence-corrected chi connectivity index (χ2v) is 6.27. The molecule has 0 aliphatic carbocycles. The summed E-state index contributed by atoms with van der Waals surface area (Å²) in [5.41, 5.74) is 1.07. The molecule has 2 heterocycles. The van der Waals surface area contributed by atoms with Crippen LogP contribution in [-0.2, 0) is 6.42 Å². The van der Waals surface area contributed by atoms with Gasteiger partial charge in [0.2, 0.25) is 0 Å². The first-order chi connectivity index (χ1) is 11.4. The van der Waals surface area contributed by atoms with Crippen LogP contribution < -0.4 is 0 Å². The third-order valence-corrected chi connectivity index (χ3v) is 4.21. The Morgan fingerprint density at radius 3 is 2.22 bits per heavy atom. The standard InChI is InChI=1S/C19H30N4/c1-2-3-4-5-6-7-8-9-10-11-14-18-17-23(22-21-18)19-15-12-13-16-20-19/h12-13,15-17H,2-11,14H2,1H3. The SMILES string of the molecule is CCCCCCCCCCCCc1cn(-c2ccccn2)nn1. The number of aryl methyl sites for hydroxylation is 1. The summed E-state index contributed by atoms with van der Waals surface area (Å²) in [4.78, 5) is 4.28. The van der Waals surface area contributed by atoms with Crippen LogP contribution in [0, 0.1) is 0 Å². The summed E-state index contributed by atoms with van der Waals surface area (Å²) < 4.78 is 1.76. The van der Waals surface area contributed by atoms with Crippen molar-refractivity contribution in [1.82, 2.24) is 20.0 Å². The topological polar surface area (TPSA) is 43.6 Å². The van der Waals surface area contributed by atoms with E-state index in [9.17, 15) is 0 Å². The Kier molecular flexibility index (Phi) is 8.38. The Balaban J connectivity index is 1.53. The molecule has 0 bridgehead atoms. The molecule has 2 aromatic heterocycles. The zero-order valence-corrected chi connectivity index (χ0v) is 14.5. The molecular weight excluding hydrogens is 284 g/mol. The van der Waals surface area contributed by atoms with E-state index in [1.165, 1.54) is 64.2 Å². The van der Waals surface area contributed by atoms with Gasteiger partial charge in [0, 0.05) is 6.20 Å². The number of aromatic nitrogens is 4. The molecule has 0 fully saturated rings. The van der Waals surface area contributed by atoms with E-state index in [-0.39, 0.29) is 0 Å². The first-order valence-corrected chi connectivity index (χ1v) is 9.23. The van der Waals surface area contributed by atoms with Crippen LogP contribution in [0.15, 0.2) is 30.6 Å². The van der Waals surface area contributed by atoms with Crippen molar-refractivity contribution in [2.75, 3.05) is 0 Å².